The second kappa shape index (κ2) is 22.2. The third-order valence-electron chi connectivity index (χ3n) is 11.0. The lowest BCUT2D eigenvalue weighted by Gasteiger charge is -2.26. The number of carboxylic acid groups (broad SMARTS) is 1. The lowest BCUT2D eigenvalue weighted by molar-refractivity contribution is -0.142. The summed E-state index contributed by atoms with van der Waals surface area (Å²) in [5.74, 6) is -4.70. The maximum Gasteiger partial charge on any atom is 0.326 e. The van der Waals surface area contributed by atoms with Gasteiger partial charge in [-0.15, -0.1) is 0 Å². The summed E-state index contributed by atoms with van der Waals surface area (Å²) in [5.41, 5.74) is 16.1. The van der Waals surface area contributed by atoms with Crippen molar-refractivity contribution >= 4 is 57.3 Å². The molecule has 0 fully saturated rings. The molecule has 0 aliphatic carbocycles. The molecule has 3 aromatic carbocycles. The number of nitrogens with one attached hydrogen (secondary N) is 8. The van der Waals surface area contributed by atoms with E-state index in [1.165, 1.54) is 19.4 Å². The number of nitrogens with two attached hydrogens (primary N) is 2. The summed E-state index contributed by atoms with van der Waals surface area (Å²) in [6, 6.07) is 16.8. The van der Waals surface area contributed by atoms with Crippen molar-refractivity contribution in [2.75, 3.05) is 6.54 Å². The molecule has 0 bridgehead atoms. The Morgan fingerprint density at radius 2 is 1.12 bits per heavy atom. The molecule has 13 N–H and O–H groups in total. The van der Waals surface area contributed by atoms with Gasteiger partial charge in [-0.25, -0.2) is 9.78 Å². The van der Waals surface area contributed by atoms with Crippen molar-refractivity contribution in [1.82, 2.24) is 46.5 Å². The van der Waals surface area contributed by atoms with E-state index in [4.69, 9.17) is 11.5 Å². The van der Waals surface area contributed by atoms with Gasteiger partial charge >= 0.3 is 5.97 Å². The molecule has 18 nitrogen and oxygen atoms in total. The van der Waals surface area contributed by atoms with E-state index in [1.54, 1.807) is 12.4 Å². The Kier molecular flexibility index (Phi) is 16.0. The predicted octanol–water partition coefficient (Wildman–Crippen LogP) is 1.63. The van der Waals surface area contributed by atoms with E-state index in [0.29, 0.717) is 42.6 Å². The zero-order valence-corrected chi connectivity index (χ0v) is 35.4. The molecule has 0 aliphatic heterocycles. The van der Waals surface area contributed by atoms with Crippen LogP contribution in [0.1, 0.15) is 48.6 Å². The van der Waals surface area contributed by atoms with Crippen LogP contribution in [0, 0.1) is 0 Å². The molecule has 64 heavy (non-hydrogen) atoms. The Morgan fingerprint density at radius 3 is 1.69 bits per heavy atom. The minimum absolute atomic E-state index is 0.000958. The van der Waals surface area contributed by atoms with Crippen LogP contribution < -0.4 is 38.1 Å². The van der Waals surface area contributed by atoms with E-state index in [1.807, 2.05) is 78.9 Å². The summed E-state index contributed by atoms with van der Waals surface area (Å²) in [4.78, 5) is 95.1. The van der Waals surface area contributed by atoms with Crippen LogP contribution in [0.15, 0.2) is 104 Å². The molecule has 18 heteroatoms. The van der Waals surface area contributed by atoms with Crippen molar-refractivity contribution in [1.29, 1.82) is 0 Å². The number of amides is 5. The van der Waals surface area contributed by atoms with Gasteiger partial charge in [0, 0.05) is 71.8 Å². The number of aromatic amines is 3. The van der Waals surface area contributed by atoms with Gasteiger partial charge in [-0.3, -0.25) is 24.0 Å². The molecule has 0 saturated heterocycles. The lowest BCUT2D eigenvalue weighted by atomic mass is 10.0. The van der Waals surface area contributed by atoms with Gasteiger partial charge in [0.15, 0.2) is 0 Å². The van der Waals surface area contributed by atoms with E-state index >= 15 is 0 Å². The molecule has 6 atom stereocenters. The van der Waals surface area contributed by atoms with Crippen LogP contribution in [-0.4, -0.2) is 103 Å². The predicted molar refractivity (Wildman–Crippen MR) is 240 cm³/mol. The summed E-state index contributed by atoms with van der Waals surface area (Å²) in [5, 5.41) is 25.2. The Labute approximate surface area is 369 Å². The van der Waals surface area contributed by atoms with Crippen LogP contribution in [0.5, 0.6) is 0 Å². The first kappa shape index (κ1) is 46.2. The number of rotatable bonds is 23. The Bertz CT molecular complexity index is 2520. The van der Waals surface area contributed by atoms with E-state index in [9.17, 15) is 33.9 Å². The zero-order valence-electron chi connectivity index (χ0n) is 35.4. The summed E-state index contributed by atoms with van der Waals surface area (Å²) >= 11 is 0. The van der Waals surface area contributed by atoms with Gasteiger partial charge in [0.05, 0.1) is 12.4 Å². The number of hydrogen-bond donors (Lipinski definition) is 11. The van der Waals surface area contributed by atoms with E-state index in [0.717, 1.165) is 27.4 Å². The van der Waals surface area contributed by atoms with Gasteiger partial charge in [0.2, 0.25) is 29.5 Å². The average Bonchev–Trinajstić information content (AvgIpc) is 4.06. The topological polar surface area (TPSA) is 295 Å². The number of aliphatic carboxylic acids is 1. The molecule has 5 amide bonds. The van der Waals surface area contributed by atoms with Crippen molar-refractivity contribution in [2.45, 2.75) is 88.1 Å². The number of nitrogens with zero attached hydrogens (tertiary/aromatic N) is 1. The fraction of sp³-hybridized carbons (Fsp3) is 0.326. The summed E-state index contributed by atoms with van der Waals surface area (Å²) in [7, 11) is 0. The van der Waals surface area contributed by atoms with Crippen LogP contribution in [0.3, 0.4) is 0 Å². The molecule has 0 radical (unpaired) electrons. The molecule has 6 aromatic rings. The molecule has 6 rings (SSSR count). The van der Waals surface area contributed by atoms with Crippen LogP contribution in [-0.2, 0) is 54.5 Å². The first-order chi connectivity index (χ1) is 30.9. The molecule has 336 valence electrons. The number of benzene rings is 3. The molecule has 0 aliphatic rings. The first-order valence-electron chi connectivity index (χ1n) is 21.2. The van der Waals surface area contributed by atoms with Gasteiger partial charge in [-0.1, -0.05) is 73.2 Å². The van der Waals surface area contributed by atoms with Crippen molar-refractivity contribution in [3.05, 3.63) is 126 Å². The highest BCUT2D eigenvalue weighted by molar-refractivity contribution is 5.97. The maximum atomic E-state index is 14.3. The highest BCUT2D eigenvalue weighted by Crippen LogP contribution is 2.21. The fourth-order valence-electron chi connectivity index (χ4n) is 7.47. The number of imidazole rings is 1. The SMILES string of the molecule is C[C@H](NC(=O)[C@H](Cc1c[nH]c2ccccc12)NC(=O)[C@@H](Cc1ccccc1)NC(=O)[C@@H](N)CCCCN)C(=O)N[C@H](Cc1c[nH]c2ccccc12)C(=O)N[C@@H](Cc1cnc[nH]1)C(=O)O. The third-order valence-corrected chi connectivity index (χ3v) is 11.0. The summed E-state index contributed by atoms with van der Waals surface area (Å²) in [6.45, 7) is 1.89. The summed E-state index contributed by atoms with van der Waals surface area (Å²) in [6.07, 6.45) is 7.95. The van der Waals surface area contributed by atoms with Gasteiger partial charge < -0.3 is 58.1 Å². The van der Waals surface area contributed by atoms with Crippen molar-refractivity contribution < 1.29 is 33.9 Å². The van der Waals surface area contributed by atoms with Crippen LogP contribution >= 0.6 is 0 Å². The van der Waals surface area contributed by atoms with Crippen molar-refractivity contribution in [3.63, 3.8) is 0 Å². The molecular weight excluding hydrogens is 819 g/mol. The number of unbranched alkanes of at least 4 members (excludes halogenated alkanes) is 1. The average molecular weight is 874 g/mol. The zero-order chi connectivity index (χ0) is 45.6. The normalized spacial score (nSPS) is 14.1. The highest BCUT2D eigenvalue weighted by atomic mass is 16.4. The second-order valence-electron chi connectivity index (χ2n) is 15.8. The van der Waals surface area contributed by atoms with Crippen molar-refractivity contribution in [3.8, 4) is 0 Å². The molecular formula is C46H55N11O7. The van der Waals surface area contributed by atoms with E-state index in [-0.39, 0.29) is 25.7 Å². The quantitative estimate of drug-likeness (QED) is 0.0414. The van der Waals surface area contributed by atoms with Crippen LogP contribution in [0.2, 0.25) is 0 Å². The molecule has 3 aromatic heterocycles. The van der Waals surface area contributed by atoms with Gasteiger partial charge in [-0.05, 0) is 55.1 Å². The smallest absolute Gasteiger partial charge is 0.326 e. The number of H-pyrrole nitrogens is 3. The number of fused-ring (bicyclic) bond motifs is 2. The fourth-order valence-corrected chi connectivity index (χ4v) is 7.47. The number of hydrogen-bond acceptors (Lipinski definition) is 9. The first-order valence-corrected chi connectivity index (χ1v) is 21.2. The van der Waals surface area contributed by atoms with Gasteiger partial charge in [-0.2, -0.15) is 0 Å². The monoisotopic (exact) mass is 873 g/mol. The highest BCUT2D eigenvalue weighted by Gasteiger charge is 2.33. The minimum Gasteiger partial charge on any atom is -0.480 e. The van der Waals surface area contributed by atoms with Crippen LogP contribution in [0.4, 0.5) is 0 Å². The van der Waals surface area contributed by atoms with E-state index < -0.39 is 71.8 Å². The maximum absolute atomic E-state index is 14.3. The third kappa shape index (κ3) is 12.4. The Balaban J connectivity index is 1.22. The Hall–Kier alpha value is -7.31. The van der Waals surface area contributed by atoms with Gasteiger partial charge in [0.25, 0.3) is 0 Å². The number of carbonyl (C=O) groups excluding carboxylic acids is 5. The standard InChI is InChI=1S/C46H55N11O7/c1-27(41(58)54-39(21-30-24-51-36-17-8-6-14-33(30)36)45(62)57-40(46(63)64)22-31-25-49-26-52-31)53-43(60)38(20-29-23-50-35-16-7-5-13-32(29)35)56-44(61)37(19-28-11-3-2-4-12-28)55-42(59)34(48)15-9-10-18-47/h2-8,11-14,16-17,23-27,34,37-40,50-51H,9-10,15,18-22,47-48H2,1H3,(H,49,52)(H,53,60)(H,54,58)(H,55,59)(H,56,61)(H,57,62)(H,63,64)/t27-,34-,37+,38-,39+,40-/m0/s1. The molecule has 0 unspecified atom stereocenters. The number of aromatic nitrogens is 4. The van der Waals surface area contributed by atoms with Crippen molar-refractivity contribution in [2.24, 2.45) is 11.5 Å². The molecule has 0 saturated carbocycles. The molecule has 3 heterocycles. The van der Waals surface area contributed by atoms with Crippen LogP contribution in [0.25, 0.3) is 21.8 Å². The number of para-hydroxylation sites is 2. The molecule has 0 spiro atoms. The Morgan fingerprint density at radius 1 is 0.609 bits per heavy atom. The van der Waals surface area contributed by atoms with Gasteiger partial charge in [0.1, 0.15) is 30.2 Å². The minimum atomic E-state index is -1.36. The number of carbonyl (C=O) groups is 6. The largest absolute Gasteiger partial charge is 0.480 e. The second-order valence-corrected chi connectivity index (χ2v) is 15.8. The lowest BCUT2D eigenvalue weighted by Crippen LogP contribution is -2.59. The number of carboxylic acids is 1. The summed E-state index contributed by atoms with van der Waals surface area (Å²) < 4.78 is 0. The van der Waals surface area contributed by atoms with E-state index in [2.05, 4.69) is 46.5 Å².